The lowest BCUT2D eigenvalue weighted by Gasteiger charge is -2.36. The van der Waals surface area contributed by atoms with Gasteiger partial charge in [0.2, 0.25) is 0 Å². The number of piperidine rings is 1. The van der Waals surface area contributed by atoms with Crippen LogP contribution in [0.25, 0.3) is 0 Å². The van der Waals surface area contributed by atoms with Crippen LogP contribution >= 0.6 is 0 Å². The van der Waals surface area contributed by atoms with Crippen LogP contribution in [0.15, 0.2) is 21.5 Å². The molecule has 3 aliphatic rings. The highest BCUT2D eigenvalue weighted by Gasteiger charge is 2.38. The van der Waals surface area contributed by atoms with Crippen LogP contribution < -0.4 is 11.1 Å². The fourth-order valence-electron chi connectivity index (χ4n) is 4.33. The summed E-state index contributed by atoms with van der Waals surface area (Å²) in [7, 11) is 1.66. The van der Waals surface area contributed by atoms with E-state index in [-0.39, 0.29) is 12.3 Å². The zero-order valence-electron chi connectivity index (χ0n) is 18.6. The van der Waals surface area contributed by atoms with Gasteiger partial charge in [0.1, 0.15) is 5.70 Å². The average molecular weight is 407 g/mol. The fraction of sp³-hybridized carbons (Fsp3) is 0.810. The first-order valence-corrected chi connectivity index (χ1v) is 11.1. The highest BCUT2D eigenvalue weighted by molar-refractivity contribution is 5.83. The Balaban J connectivity index is 1.61. The Morgan fingerprint density at radius 2 is 1.93 bits per heavy atom. The van der Waals surface area contributed by atoms with E-state index < -0.39 is 0 Å². The second-order valence-electron chi connectivity index (χ2n) is 8.61. The lowest BCUT2D eigenvalue weighted by atomic mass is 9.92. The molecule has 1 unspecified atom stereocenters. The maximum absolute atomic E-state index is 6.20. The molecule has 0 aliphatic carbocycles. The van der Waals surface area contributed by atoms with Gasteiger partial charge in [0.05, 0.1) is 13.2 Å². The summed E-state index contributed by atoms with van der Waals surface area (Å²) in [5, 5.41) is 3.37. The number of aliphatic imine (C=N–C) groups is 2. The predicted octanol–water partition coefficient (Wildman–Crippen LogP) is 2.43. The molecule has 0 amide bonds. The molecule has 3 rings (SSSR count). The topological polar surface area (TPSA) is 87.7 Å². The first-order chi connectivity index (χ1) is 13.9. The molecule has 1 fully saturated rings. The van der Waals surface area contributed by atoms with Gasteiger partial charge >= 0.3 is 0 Å². The van der Waals surface area contributed by atoms with E-state index >= 15 is 0 Å². The number of ether oxygens (including phenoxy) is 2. The summed E-state index contributed by atoms with van der Waals surface area (Å²) in [6, 6.07) is 1.70. The van der Waals surface area contributed by atoms with E-state index in [1.54, 1.807) is 7.11 Å². The van der Waals surface area contributed by atoms with Crippen LogP contribution in [0.1, 0.15) is 59.8 Å². The van der Waals surface area contributed by atoms with E-state index in [9.17, 15) is 0 Å². The third kappa shape index (κ3) is 5.15. The quantitative estimate of drug-likeness (QED) is 0.675. The van der Waals surface area contributed by atoms with E-state index in [4.69, 9.17) is 15.2 Å². The van der Waals surface area contributed by atoms with E-state index in [0.717, 1.165) is 31.7 Å². The molecule has 3 N–H and O–H groups in total. The van der Waals surface area contributed by atoms with Crippen LogP contribution in [0, 0.1) is 5.92 Å². The number of nitrogens with two attached hydrogens (primary N) is 1. The summed E-state index contributed by atoms with van der Waals surface area (Å²) < 4.78 is 11.5. The number of hydrogen-bond acceptors (Lipinski definition) is 8. The van der Waals surface area contributed by atoms with Crippen molar-refractivity contribution in [2.45, 2.75) is 78.1 Å². The summed E-state index contributed by atoms with van der Waals surface area (Å²) in [5.41, 5.74) is 6.91. The Labute approximate surface area is 175 Å². The molecule has 0 aromatic heterocycles. The van der Waals surface area contributed by atoms with Gasteiger partial charge in [0.25, 0.3) is 12.0 Å². The van der Waals surface area contributed by atoms with E-state index in [0.29, 0.717) is 29.6 Å². The van der Waals surface area contributed by atoms with Gasteiger partial charge < -0.3 is 30.3 Å². The minimum Gasteiger partial charge on any atom is -0.468 e. The van der Waals surface area contributed by atoms with Gasteiger partial charge in [-0.15, -0.1) is 0 Å². The van der Waals surface area contributed by atoms with Crippen molar-refractivity contribution in [1.29, 1.82) is 0 Å². The first-order valence-electron chi connectivity index (χ1n) is 11.1. The van der Waals surface area contributed by atoms with Gasteiger partial charge in [0, 0.05) is 12.6 Å². The van der Waals surface area contributed by atoms with Crippen molar-refractivity contribution >= 4 is 12.0 Å². The summed E-state index contributed by atoms with van der Waals surface area (Å²) in [6.45, 7) is 12.0. The first kappa shape index (κ1) is 21.7. The highest BCUT2D eigenvalue weighted by Crippen LogP contribution is 2.28. The van der Waals surface area contributed by atoms with Gasteiger partial charge in [-0.3, -0.25) is 0 Å². The standard InChI is InChI=1S/C21H38N6O2/c1-6-7-15(4)29-20-24-18(22)17-19(25-20)27(21(23-17)28-5)13-10-16-8-11-26(12-9-16)14(2)3/h14-16,19H,6-13,22H2,1-5H3,(H,24,25)/t15-,19?/m0/s1. The minimum atomic E-state index is -0.179. The minimum absolute atomic E-state index is 0.0874. The molecule has 0 aromatic carbocycles. The molecule has 2 atom stereocenters. The van der Waals surface area contributed by atoms with Crippen molar-refractivity contribution in [3.05, 3.63) is 11.5 Å². The number of rotatable bonds is 7. The van der Waals surface area contributed by atoms with Crippen molar-refractivity contribution in [3.63, 3.8) is 0 Å². The van der Waals surface area contributed by atoms with Crippen LogP contribution in [-0.4, -0.2) is 66.9 Å². The molecule has 1 saturated heterocycles. The predicted molar refractivity (Wildman–Crippen MR) is 116 cm³/mol. The zero-order chi connectivity index (χ0) is 21.0. The maximum Gasteiger partial charge on any atom is 0.294 e. The van der Waals surface area contributed by atoms with Crippen LogP contribution in [-0.2, 0) is 9.47 Å². The number of likely N-dealkylation sites (tertiary alicyclic amines) is 1. The average Bonchev–Trinajstić information content (AvgIpc) is 3.05. The van der Waals surface area contributed by atoms with Gasteiger partial charge in [-0.1, -0.05) is 13.3 Å². The molecule has 0 radical (unpaired) electrons. The molecule has 0 aromatic rings. The van der Waals surface area contributed by atoms with Gasteiger partial charge in [-0.25, -0.2) is 0 Å². The SMILES string of the molecule is CCC[C@H](C)OC1=NC(N)=C2N=C(OC)N(CCC3CCN(C(C)C)CC3)C2N1. The number of nitrogens with zero attached hydrogens (tertiary/aromatic N) is 4. The molecule has 29 heavy (non-hydrogen) atoms. The van der Waals surface area contributed by atoms with E-state index in [1.165, 1.54) is 25.9 Å². The molecule has 8 heteroatoms. The van der Waals surface area contributed by atoms with E-state index in [2.05, 4.69) is 52.8 Å². The molecule has 3 heterocycles. The highest BCUT2D eigenvalue weighted by atomic mass is 16.5. The van der Waals surface area contributed by atoms with Gasteiger partial charge in [-0.2, -0.15) is 9.98 Å². The normalized spacial score (nSPS) is 24.2. The van der Waals surface area contributed by atoms with Crippen molar-refractivity contribution in [2.24, 2.45) is 21.6 Å². The van der Waals surface area contributed by atoms with Crippen molar-refractivity contribution < 1.29 is 9.47 Å². The summed E-state index contributed by atoms with van der Waals surface area (Å²) in [6.07, 6.45) is 5.55. The number of hydrogen-bond donors (Lipinski definition) is 2. The third-order valence-corrected chi connectivity index (χ3v) is 6.13. The number of fused-ring (bicyclic) bond motifs is 1. The molecule has 3 aliphatic heterocycles. The van der Waals surface area contributed by atoms with Crippen molar-refractivity contribution in [3.8, 4) is 0 Å². The Hall–Kier alpha value is -1.96. The fourth-order valence-corrected chi connectivity index (χ4v) is 4.33. The molecular formula is C21H38N6O2. The molecule has 0 spiro atoms. The Morgan fingerprint density at radius 3 is 2.55 bits per heavy atom. The molecule has 0 bridgehead atoms. The van der Waals surface area contributed by atoms with Crippen LogP contribution in [0.2, 0.25) is 0 Å². The summed E-state index contributed by atoms with van der Waals surface area (Å²) >= 11 is 0. The largest absolute Gasteiger partial charge is 0.468 e. The van der Waals surface area contributed by atoms with Crippen LogP contribution in [0.4, 0.5) is 0 Å². The monoisotopic (exact) mass is 406 g/mol. The number of nitrogens with one attached hydrogen (secondary N) is 1. The smallest absolute Gasteiger partial charge is 0.294 e. The van der Waals surface area contributed by atoms with Crippen molar-refractivity contribution in [1.82, 2.24) is 15.1 Å². The van der Waals surface area contributed by atoms with E-state index in [1.807, 2.05) is 0 Å². The van der Waals surface area contributed by atoms with Gasteiger partial charge in [-0.05, 0) is 65.5 Å². The maximum atomic E-state index is 6.20. The molecule has 0 saturated carbocycles. The third-order valence-electron chi connectivity index (χ3n) is 6.13. The Bertz CT molecular complexity index is 652. The number of methoxy groups -OCH3 is 1. The number of amidine groups is 2. The Morgan fingerprint density at radius 1 is 1.21 bits per heavy atom. The Kier molecular flexibility index (Phi) is 7.27. The zero-order valence-corrected chi connectivity index (χ0v) is 18.6. The summed E-state index contributed by atoms with van der Waals surface area (Å²) in [4.78, 5) is 13.7. The summed E-state index contributed by atoms with van der Waals surface area (Å²) in [5.74, 6) is 1.13. The van der Waals surface area contributed by atoms with Crippen molar-refractivity contribution in [2.75, 3.05) is 26.7 Å². The molecule has 8 nitrogen and oxygen atoms in total. The second kappa shape index (κ2) is 9.69. The molecule has 164 valence electrons. The van der Waals surface area contributed by atoms with Gasteiger partial charge in [0.15, 0.2) is 12.0 Å². The lowest BCUT2D eigenvalue weighted by Crippen LogP contribution is -2.52. The second-order valence-corrected chi connectivity index (χ2v) is 8.61. The van der Waals surface area contributed by atoms with Crippen LogP contribution in [0.5, 0.6) is 0 Å². The van der Waals surface area contributed by atoms with Crippen LogP contribution in [0.3, 0.4) is 0 Å². The molecular weight excluding hydrogens is 368 g/mol. The lowest BCUT2D eigenvalue weighted by molar-refractivity contribution is 0.136.